The van der Waals surface area contributed by atoms with Crippen molar-refractivity contribution in [3.8, 4) is 11.1 Å². The van der Waals surface area contributed by atoms with Gasteiger partial charge in [-0.05, 0) is 98.2 Å². The van der Waals surface area contributed by atoms with Gasteiger partial charge < -0.3 is 4.90 Å². The van der Waals surface area contributed by atoms with Crippen LogP contribution in [0.4, 0.5) is 17.1 Å². The average Bonchev–Trinajstić information content (AvgIpc) is 3.36. The van der Waals surface area contributed by atoms with E-state index in [0.29, 0.717) is 5.92 Å². The molecule has 1 unspecified atom stereocenters. The van der Waals surface area contributed by atoms with Gasteiger partial charge in [-0.3, -0.25) is 0 Å². The molecule has 0 bridgehead atoms. The Morgan fingerprint density at radius 2 is 0.978 bits per heavy atom. The molecule has 0 N–H and O–H groups in total. The van der Waals surface area contributed by atoms with E-state index in [1.807, 2.05) is 11.3 Å². The van der Waals surface area contributed by atoms with Gasteiger partial charge in [-0.15, -0.1) is 11.3 Å². The normalized spacial score (nSPS) is 14.2. The van der Waals surface area contributed by atoms with Gasteiger partial charge in [-0.1, -0.05) is 122 Å². The lowest BCUT2D eigenvalue weighted by atomic mass is 9.91. The molecule has 9 rings (SSSR count). The first kappa shape index (κ1) is 26.9. The molecule has 1 nitrogen and oxygen atoms in total. The highest BCUT2D eigenvalue weighted by molar-refractivity contribution is 7.25. The summed E-state index contributed by atoms with van der Waals surface area (Å²) >= 11 is 1.86. The van der Waals surface area contributed by atoms with Crippen LogP contribution >= 0.6 is 11.3 Å². The van der Waals surface area contributed by atoms with Crippen molar-refractivity contribution in [3.05, 3.63) is 163 Å². The lowest BCUT2D eigenvalue weighted by Crippen LogP contribution is -2.10. The molecule has 0 aliphatic heterocycles. The molecule has 0 radical (unpaired) electrons. The Bertz CT molecular complexity index is 2480. The lowest BCUT2D eigenvalue weighted by Gasteiger charge is -2.27. The molecule has 0 saturated carbocycles. The second kappa shape index (κ2) is 10.9. The van der Waals surface area contributed by atoms with E-state index < -0.39 is 0 Å². The van der Waals surface area contributed by atoms with Crippen LogP contribution in [0.1, 0.15) is 18.1 Å². The number of fused-ring (bicyclic) bond motifs is 9. The van der Waals surface area contributed by atoms with Crippen LogP contribution in [0, 0.1) is 5.92 Å². The molecule has 1 aliphatic carbocycles. The lowest BCUT2D eigenvalue weighted by molar-refractivity contribution is 0.954. The average molecular weight is 606 g/mol. The maximum atomic E-state index is 2.42. The fraction of sp³-hybridized carbons (Fsp3) is 0.0455. The number of allylic oxidation sites excluding steroid dienone is 2. The summed E-state index contributed by atoms with van der Waals surface area (Å²) in [7, 11) is 0. The summed E-state index contributed by atoms with van der Waals surface area (Å²) in [5, 5.41) is 7.76. The summed E-state index contributed by atoms with van der Waals surface area (Å²) in [4.78, 5) is 2.42. The number of hydrogen-bond acceptors (Lipinski definition) is 2. The molecule has 7 aromatic carbocycles. The van der Waals surface area contributed by atoms with Gasteiger partial charge in [-0.2, -0.15) is 0 Å². The minimum Gasteiger partial charge on any atom is -0.310 e. The summed E-state index contributed by atoms with van der Waals surface area (Å²) in [6, 6.07) is 51.1. The number of anilines is 3. The van der Waals surface area contributed by atoms with Gasteiger partial charge in [0.1, 0.15) is 0 Å². The summed E-state index contributed by atoms with van der Waals surface area (Å²) < 4.78 is 2.63. The first-order chi connectivity index (χ1) is 22.7. The van der Waals surface area contributed by atoms with Crippen molar-refractivity contribution in [2.75, 3.05) is 4.90 Å². The van der Waals surface area contributed by atoms with Crippen molar-refractivity contribution < 1.29 is 0 Å². The van der Waals surface area contributed by atoms with Crippen LogP contribution < -0.4 is 4.90 Å². The molecular formula is C44H31NS. The van der Waals surface area contributed by atoms with Crippen LogP contribution in [-0.2, 0) is 0 Å². The molecule has 1 heterocycles. The first-order valence-electron chi connectivity index (χ1n) is 15.9. The van der Waals surface area contributed by atoms with Crippen LogP contribution in [0.25, 0.3) is 65.0 Å². The van der Waals surface area contributed by atoms with E-state index in [1.54, 1.807) is 0 Å². The zero-order chi connectivity index (χ0) is 30.6. The van der Waals surface area contributed by atoms with Gasteiger partial charge in [0.25, 0.3) is 0 Å². The molecule has 0 saturated heterocycles. The Morgan fingerprint density at radius 1 is 0.435 bits per heavy atom. The van der Waals surface area contributed by atoms with Gasteiger partial charge in [0.15, 0.2) is 0 Å². The van der Waals surface area contributed by atoms with Crippen LogP contribution in [0.15, 0.2) is 152 Å². The van der Waals surface area contributed by atoms with E-state index in [0.717, 1.165) is 17.1 Å². The SMILES string of the molecule is CC1C=Cc2c(c3cc(N(c4ccc(-c5ccccc5)cc4)c4ccc5sc6ccccc6c5c4)ccc3c3ccccc23)C=C1. The molecule has 8 aromatic rings. The molecule has 218 valence electrons. The zero-order valence-electron chi connectivity index (χ0n) is 25.5. The third kappa shape index (κ3) is 4.45. The molecule has 1 aromatic heterocycles. The molecule has 1 aliphatic rings. The van der Waals surface area contributed by atoms with E-state index in [9.17, 15) is 0 Å². The van der Waals surface area contributed by atoms with Crippen LogP contribution in [-0.4, -0.2) is 0 Å². The second-order valence-electron chi connectivity index (χ2n) is 12.2. The first-order valence-corrected chi connectivity index (χ1v) is 16.7. The highest BCUT2D eigenvalue weighted by atomic mass is 32.1. The third-order valence-electron chi connectivity index (χ3n) is 9.33. The number of nitrogens with zero attached hydrogens (tertiary/aromatic N) is 1. The molecular weight excluding hydrogens is 575 g/mol. The summed E-state index contributed by atoms with van der Waals surface area (Å²) in [5.74, 6) is 0.385. The molecule has 0 fully saturated rings. The van der Waals surface area contributed by atoms with Crippen molar-refractivity contribution >= 4 is 82.3 Å². The number of rotatable bonds is 4. The van der Waals surface area contributed by atoms with Gasteiger partial charge in [0, 0.05) is 37.2 Å². The van der Waals surface area contributed by atoms with E-state index >= 15 is 0 Å². The topological polar surface area (TPSA) is 3.24 Å². The number of benzene rings is 7. The van der Waals surface area contributed by atoms with E-state index in [-0.39, 0.29) is 0 Å². The Morgan fingerprint density at radius 3 is 1.76 bits per heavy atom. The van der Waals surface area contributed by atoms with Crippen molar-refractivity contribution in [1.82, 2.24) is 0 Å². The standard InChI is InChI=1S/C44H31NS/c1-29-15-23-37-35-11-5-6-12-36(35)39-25-21-33(27-41(39)38(37)24-16-29)45(32-19-17-31(18-20-32)30-9-3-2-4-10-30)34-22-26-44-42(28-34)40-13-7-8-14-43(40)46-44/h2-29H,1H3. The smallest absolute Gasteiger partial charge is 0.0468 e. The minimum atomic E-state index is 0.385. The van der Waals surface area contributed by atoms with Crippen molar-refractivity contribution in [3.63, 3.8) is 0 Å². The number of hydrogen-bond donors (Lipinski definition) is 0. The molecule has 46 heavy (non-hydrogen) atoms. The summed E-state index contributed by atoms with van der Waals surface area (Å²) in [6.07, 6.45) is 9.29. The van der Waals surface area contributed by atoms with Gasteiger partial charge in [-0.25, -0.2) is 0 Å². The Balaban J connectivity index is 1.29. The van der Waals surface area contributed by atoms with Crippen LogP contribution in [0.3, 0.4) is 0 Å². The fourth-order valence-electron chi connectivity index (χ4n) is 7.03. The van der Waals surface area contributed by atoms with Gasteiger partial charge in [0.2, 0.25) is 0 Å². The van der Waals surface area contributed by atoms with E-state index in [4.69, 9.17) is 0 Å². The summed E-state index contributed by atoms with van der Waals surface area (Å²) in [5.41, 5.74) is 8.45. The third-order valence-corrected chi connectivity index (χ3v) is 10.5. The van der Waals surface area contributed by atoms with Crippen molar-refractivity contribution in [2.24, 2.45) is 5.92 Å². The Hall–Kier alpha value is -5.44. The van der Waals surface area contributed by atoms with Crippen LogP contribution in [0.5, 0.6) is 0 Å². The molecule has 0 spiro atoms. The van der Waals surface area contributed by atoms with Crippen LogP contribution in [0.2, 0.25) is 0 Å². The molecule has 0 amide bonds. The predicted molar refractivity (Wildman–Crippen MR) is 202 cm³/mol. The highest BCUT2D eigenvalue weighted by Gasteiger charge is 2.19. The predicted octanol–water partition coefficient (Wildman–Crippen LogP) is 13.2. The minimum absolute atomic E-state index is 0.385. The Kier molecular flexibility index (Phi) is 6.36. The summed E-state index contributed by atoms with van der Waals surface area (Å²) in [6.45, 7) is 2.25. The number of thiophene rings is 1. The molecule has 1 atom stereocenters. The van der Waals surface area contributed by atoms with Crippen molar-refractivity contribution in [1.29, 1.82) is 0 Å². The van der Waals surface area contributed by atoms with Crippen molar-refractivity contribution in [2.45, 2.75) is 6.92 Å². The quantitative estimate of drug-likeness (QED) is 0.180. The largest absolute Gasteiger partial charge is 0.310 e. The van der Waals surface area contributed by atoms with E-state index in [1.165, 1.54) is 64.0 Å². The zero-order valence-corrected chi connectivity index (χ0v) is 26.3. The maximum Gasteiger partial charge on any atom is 0.0468 e. The monoisotopic (exact) mass is 605 g/mol. The van der Waals surface area contributed by atoms with Gasteiger partial charge >= 0.3 is 0 Å². The maximum absolute atomic E-state index is 2.42. The highest BCUT2D eigenvalue weighted by Crippen LogP contribution is 2.44. The Labute approximate surface area is 273 Å². The van der Waals surface area contributed by atoms with Gasteiger partial charge in [0.05, 0.1) is 0 Å². The van der Waals surface area contributed by atoms with E-state index in [2.05, 4.69) is 176 Å². The molecule has 2 heteroatoms. The fourth-order valence-corrected chi connectivity index (χ4v) is 8.11. The second-order valence-corrected chi connectivity index (χ2v) is 13.3.